The van der Waals surface area contributed by atoms with Gasteiger partial charge in [-0.15, -0.1) is 11.8 Å². The van der Waals surface area contributed by atoms with Crippen LogP contribution in [0.25, 0.3) is 11.1 Å². The second-order valence-corrected chi connectivity index (χ2v) is 11.6. The maximum absolute atomic E-state index is 13.5. The summed E-state index contributed by atoms with van der Waals surface area (Å²) in [6, 6.07) is 21.8. The van der Waals surface area contributed by atoms with Crippen molar-refractivity contribution in [1.29, 1.82) is 0 Å². The van der Waals surface area contributed by atoms with Crippen LogP contribution in [0.3, 0.4) is 0 Å². The van der Waals surface area contributed by atoms with Crippen LogP contribution in [-0.2, 0) is 26.7 Å². The molecular formula is C35H37ClFN3O3S. The van der Waals surface area contributed by atoms with E-state index in [9.17, 15) is 18.8 Å². The molecule has 6 nitrogen and oxygen atoms in total. The standard InChI is InChI=1S/C35H37ClFN3O3S/c1-5-6-35(44-24-28-9-17-33(37)18-10-28)40(22-31(25(2)41)19-20-38-26(3)42)23-34(43)39(4)21-27-7-11-29(12-8-27)30-13-15-32(36)16-14-30/h5-18,22H,1,19-21,23-24H2,2-4H3,(H,38,42)/b31-22-,35-6-. The Balaban J connectivity index is 1.80. The molecule has 0 unspecified atom stereocenters. The van der Waals surface area contributed by atoms with Crippen LogP contribution in [0.4, 0.5) is 4.39 Å². The first-order valence-corrected chi connectivity index (χ1v) is 15.4. The van der Waals surface area contributed by atoms with Crippen molar-refractivity contribution in [3.8, 4) is 11.1 Å². The number of likely N-dealkylation sites (N-methyl/N-ethyl adjacent to an activating group) is 1. The molecule has 0 fully saturated rings. The van der Waals surface area contributed by atoms with Crippen LogP contribution in [0.5, 0.6) is 0 Å². The lowest BCUT2D eigenvalue weighted by Gasteiger charge is -2.27. The van der Waals surface area contributed by atoms with Gasteiger partial charge in [0.05, 0.1) is 5.03 Å². The monoisotopic (exact) mass is 633 g/mol. The summed E-state index contributed by atoms with van der Waals surface area (Å²) in [6.07, 6.45) is 5.37. The number of carbonyl (C=O) groups is 3. The van der Waals surface area contributed by atoms with Gasteiger partial charge in [0.15, 0.2) is 5.78 Å². The zero-order chi connectivity index (χ0) is 32.1. The fourth-order valence-electron chi connectivity index (χ4n) is 4.22. The molecule has 0 spiro atoms. The zero-order valence-corrected chi connectivity index (χ0v) is 26.8. The highest BCUT2D eigenvalue weighted by molar-refractivity contribution is 8.02. The summed E-state index contributed by atoms with van der Waals surface area (Å²) in [7, 11) is 1.74. The van der Waals surface area contributed by atoms with Gasteiger partial charge in [-0.25, -0.2) is 4.39 Å². The Morgan fingerprint density at radius 1 is 0.932 bits per heavy atom. The molecule has 0 aliphatic rings. The van der Waals surface area contributed by atoms with Crippen molar-refractivity contribution in [2.45, 2.75) is 32.6 Å². The molecule has 230 valence electrons. The van der Waals surface area contributed by atoms with Gasteiger partial charge < -0.3 is 15.1 Å². The Hall–Kier alpha value is -4.14. The Kier molecular flexibility index (Phi) is 13.5. The first kappa shape index (κ1) is 34.4. The van der Waals surface area contributed by atoms with Crippen LogP contribution in [0.1, 0.15) is 31.4 Å². The Labute approximate surface area is 268 Å². The Morgan fingerprint density at radius 3 is 2.09 bits per heavy atom. The lowest BCUT2D eigenvalue weighted by Crippen LogP contribution is -2.35. The molecule has 44 heavy (non-hydrogen) atoms. The highest BCUT2D eigenvalue weighted by Gasteiger charge is 2.19. The molecule has 2 amide bonds. The number of rotatable bonds is 15. The third-order valence-corrected chi connectivity index (χ3v) is 8.05. The van der Waals surface area contributed by atoms with E-state index in [0.29, 0.717) is 34.3 Å². The predicted octanol–water partition coefficient (Wildman–Crippen LogP) is 7.37. The molecule has 3 aromatic carbocycles. The molecule has 0 saturated heterocycles. The third kappa shape index (κ3) is 11.2. The van der Waals surface area contributed by atoms with Gasteiger partial charge in [-0.3, -0.25) is 14.4 Å². The molecule has 0 heterocycles. The fraction of sp³-hybridized carbons (Fsp3) is 0.229. The normalized spacial score (nSPS) is 11.6. The molecule has 0 aliphatic heterocycles. The summed E-state index contributed by atoms with van der Waals surface area (Å²) in [6.45, 7) is 7.36. The molecule has 0 aromatic heterocycles. The summed E-state index contributed by atoms with van der Waals surface area (Å²) in [4.78, 5) is 40.9. The van der Waals surface area contributed by atoms with E-state index in [-0.39, 0.29) is 36.5 Å². The van der Waals surface area contributed by atoms with E-state index in [1.54, 1.807) is 47.3 Å². The van der Waals surface area contributed by atoms with Crippen molar-refractivity contribution in [1.82, 2.24) is 15.1 Å². The summed E-state index contributed by atoms with van der Waals surface area (Å²) < 4.78 is 13.4. The number of benzene rings is 3. The Bertz CT molecular complexity index is 1500. The highest BCUT2D eigenvalue weighted by Crippen LogP contribution is 2.27. The van der Waals surface area contributed by atoms with Gasteiger partial charge in [0.25, 0.3) is 0 Å². The van der Waals surface area contributed by atoms with E-state index in [4.69, 9.17) is 11.6 Å². The van der Waals surface area contributed by atoms with Crippen molar-refractivity contribution in [3.05, 3.63) is 130 Å². The number of nitrogens with zero attached hydrogens (tertiary/aromatic N) is 2. The van der Waals surface area contributed by atoms with E-state index >= 15 is 0 Å². The number of thioether (sulfide) groups is 1. The number of hydrogen-bond acceptors (Lipinski definition) is 5. The second kappa shape index (κ2) is 17.2. The second-order valence-electron chi connectivity index (χ2n) is 10.2. The van der Waals surface area contributed by atoms with Crippen LogP contribution in [0, 0.1) is 5.82 Å². The van der Waals surface area contributed by atoms with Crippen LogP contribution in [0.15, 0.2) is 108 Å². The van der Waals surface area contributed by atoms with Crippen molar-refractivity contribution < 1.29 is 18.8 Å². The largest absolute Gasteiger partial charge is 0.356 e. The van der Waals surface area contributed by atoms with Gasteiger partial charge in [-0.05, 0) is 65.9 Å². The molecule has 3 aromatic rings. The fourth-order valence-corrected chi connectivity index (χ4v) is 5.33. The minimum atomic E-state index is -0.316. The van der Waals surface area contributed by atoms with E-state index in [2.05, 4.69) is 11.9 Å². The number of ketones is 1. The van der Waals surface area contributed by atoms with Crippen molar-refractivity contribution >= 4 is 41.0 Å². The number of amides is 2. The topological polar surface area (TPSA) is 69.7 Å². The molecule has 9 heteroatoms. The van der Waals surface area contributed by atoms with Gasteiger partial charge in [-0.2, -0.15) is 0 Å². The lowest BCUT2D eigenvalue weighted by atomic mass is 10.0. The number of carbonyl (C=O) groups excluding carboxylic acids is 3. The lowest BCUT2D eigenvalue weighted by molar-refractivity contribution is -0.130. The first-order valence-electron chi connectivity index (χ1n) is 14.1. The molecule has 0 aliphatic carbocycles. The molecule has 1 N–H and O–H groups in total. The van der Waals surface area contributed by atoms with Gasteiger partial charge in [0.1, 0.15) is 12.4 Å². The molecule has 0 bridgehead atoms. The molecular weight excluding hydrogens is 597 g/mol. The molecule has 0 atom stereocenters. The zero-order valence-electron chi connectivity index (χ0n) is 25.2. The minimum absolute atomic E-state index is 0.0354. The van der Waals surface area contributed by atoms with Crippen LogP contribution in [0.2, 0.25) is 5.02 Å². The van der Waals surface area contributed by atoms with Crippen LogP contribution in [-0.4, -0.2) is 47.5 Å². The van der Waals surface area contributed by atoms with Gasteiger partial charge in [0, 0.05) is 49.6 Å². The smallest absolute Gasteiger partial charge is 0.242 e. The Morgan fingerprint density at radius 2 is 1.52 bits per heavy atom. The number of nitrogens with one attached hydrogen (secondary N) is 1. The summed E-state index contributed by atoms with van der Waals surface area (Å²) in [5.41, 5.74) is 4.42. The average molecular weight is 634 g/mol. The van der Waals surface area contributed by atoms with E-state index in [1.165, 1.54) is 37.7 Å². The average Bonchev–Trinajstić information content (AvgIpc) is 2.99. The van der Waals surface area contributed by atoms with Crippen LogP contribution < -0.4 is 5.32 Å². The van der Waals surface area contributed by atoms with Crippen molar-refractivity contribution in [2.75, 3.05) is 20.1 Å². The number of hydrogen-bond donors (Lipinski definition) is 1. The molecule has 0 saturated carbocycles. The predicted molar refractivity (Wildman–Crippen MR) is 178 cm³/mol. The van der Waals surface area contributed by atoms with E-state index in [0.717, 1.165) is 22.3 Å². The molecule has 0 radical (unpaired) electrons. The van der Waals surface area contributed by atoms with Crippen molar-refractivity contribution in [3.63, 3.8) is 0 Å². The quantitative estimate of drug-likeness (QED) is 0.140. The van der Waals surface area contributed by atoms with E-state index < -0.39 is 0 Å². The SMILES string of the molecule is C=C/C=C(\SCc1ccc(F)cc1)N(/C=C(/CCNC(C)=O)C(C)=O)CC(=O)N(C)Cc1ccc(-c2ccc(Cl)cc2)cc1. The molecule has 3 rings (SSSR count). The minimum Gasteiger partial charge on any atom is -0.356 e. The summed E-state index contributed by atoms with van der Waals surface area (Å²) >= 11 is 7.46. The summed E-state index contributed by atoms with van der Waals surface area (Å²) in [5.74, 6) is -0.322. The number of halogens is 2. The van der Waals surface area contributed by atoms with Gasteiger partial charge >= 0.3 is 0 Å². The first-order chi connectivity index (χ1) is 21.0. The number of Topliss-reactive ketones (excluding diaryl/α,β-unsaturated/α-hetero) is 1. The van der Waals surface area contributed by atoms with Crippen LogP contribution >= 0.6 is 23.4 Å². The van der Waals surface area contributed by atoms with E-state index in [1.807, 2.05) is 48.5 Å². The van der Waals surface area contributed by atoms with Gasteiger partial charge in [0.2, 0.25) is 11.8 Å². The third-order valence-electron chi connectivity index (χ3n) is 6.66. The number of allylic oxidation sites excluding steroid dienone is 2. The summed E-state index contributed by atoms with van der Waals surface area (Å²) in [5, 5.41) is 4.08. The van der Waals surface area contributed by atoms with Gasteiger partial charge in [-0.1, -0.05) is 72.8 Å². The highest BCUT2D eigenvalue weighted by atomic mass is 35.5. The van der Waals surface area contributed by atoms with Crippen molar-refractivity contribution in [2.24, 2.45) is 0 Å². The maximum atomic E-state index is 13.5. The maximum Gasteiger partial charge on any atom is 0.242 e.